The van der Waals surface area contributed by atoms with Gasteiger partial charge in [-0.1, -0.05) is 6.92 Å². The highest BCUT2D eigenvalue weighted by Crippen LogP contribution is 2.36. The maximum Gasteiger partial charge on any atom is 0.346 e. The van der Waals surface area contributed by atoms with Crippen LogP contribution in [0.15, 0.2) is 16.5 Å². The monoisotopic (exact) mass is 305 g/mol. The number of thiophene rings is 1. The number of hydrogen-bond donors (Lipinski definition) is 1. The van der Waals surface area contributed by atoms with Gasteiger partial charge in [-0.15, -0.1) is 16.3 Å². The highest BCUT2D eigenvalue weighted by atomic mass is 32.1. The normalized spacial score (nSPS) is 29.6. The molecule has 1 aliphatic carbocycles. The molecule has 1 spiro atoms. The Kier molecular flexibility index (Phi) is 3.57. The van der Waals surface area contributed by atoms with Gasteiger partial charge in [-0.25, -0.2) is 4.79 Å². The molecule has 112 valence electrons. The van der Waals surface area contributed by atoms with Gasteiger partial charge in [0.05, 0.1) is 11.1 Å². The molecule has 1 saturated heterocycles. The molecule has 2 fully saturated rings. The van der Waals surface area contributed by atoms with Crippen LogP contribution < -0.4 is 5.32 Å². The van der Waals surface area contributed by atoms with E-state index in [1.54, 1.807) is 17.6 Å². The van der Waals surface area contributed by atoms with Crippen LogP contribution in [-0.4, -0.2) is 28.7 Å². The van der Waals surface area contributed by atoms with E-state index < -0.39 is 11.6 Å². The number of urea groups is 1. The van der Waals surface area contributed by atoms with Gasteiger partial charge in [0.2, 0.25) is 0 Å². The van der Waals surface area contributed by atoms with E-state index in [0.29, 0.717) is 18.8 Å². The summed E-state index contributed by atoms with van der Waals surface area (Å²) >= 11 is 1.54. The highest BCUT2D eigenvalue weighted by molar-refractivity contribution is 7.11. The van der Waals surface area contributed by atoms with Gasteiger partial charge in [0.25, 0.3) is 5.91 Å². The molecule has 3 amide bonds. The minimum atomic E-state index is -0.717. The molecule has 3 rings (SSSR count). The van der Waals surface area contributed by atoms with Gasteiger partial charge in [-0.2, -0.15) is 5.10 Å². The topological polar surface area (TPSA) is 61.8 Å². The summed E-state index contributed by atoms with van der Waals surface area (Å²) in [6.07, 6.45) is 4.95. The van der Waals surface area contributed by atoms with E-state index in [2.05, 4.69) is 17.3 Å². The maximum atomic E-state index is 12.6. The van der Waals surface area contributed by atoms with Gasteiger partial charge in [0.15, 0.2) is 0 Å². The first-order chi connectivity index (χ1) is 10.0. The van der Waals surface area contributed by atoms with Gasteiger partial charge in [-0.05, 0) is 55.5 Å². The average molecular weight is 305 g/mol. The molecule has 5 nitrogen and oxygen atoms in total. The first kappa shape index (κ1) is 14.3. The van der Waals surface area contributed by atoms with E-state index in [9.17, 15) is 9.59 Å². The van der Waals surface area contributed by atoms with E-state index in [0.717, 1.165) is 28.3 Å². The molecule has 6 heteroatoms. The van der Waals surface area contributed by atoms with E-state index in [-0.39, 0.29) is 5.91 Å². The Morgan fingerprint density at radius 2 is 2.14 bits per heavy atom. The number of hydrogen-bond acceptors (Lipinski definition) is 4. The van der Waals surface area contributed by atoms with E-state index in [1.165, 1.54) is 0 Å². The molecule has 0 unspecified atom stereocenters. The standard InChI is InChI=1S/C15H19N3O2S/c1-10-3-6-15(7-4-10)13(19)18(14(20)17-15)16-9-12-11(2)5-8-21-12/h5,8-10H,3-4,6-7H2,1-2H3,(H,17,20). The van der Waals surface area contributed by atoms with Crippen molar-refractivity contribution in [3.63, 3.8) is 0 Å². The first-order valence-corrected chi connectivity index (χ1v) is 8.14. The predicted octanol–water partition coefficient (Wildman–Crippen LogP) is 2.89. The van der Waals surface area contributed by atoms with Crippen LogP contribution in [0.25, 0.3) is 0 Å². The van der Waals surface area contributed by atoms with Crippen molar-refractivity contribution in [1.82, 2.24) is 10.3 Å². The second-order valence-corrected chi connectivity index (χ2v) is 6.97. The molecule has 0 aromatic carbocycles. The summed E-state index contributed by atoms with van der Waals surface area (Å²) < 4.78 is 0. The summed E-state index contributed by atoms with van der Waals surface area (Å²) in [5, 5.41) is 9.94. The number of nitrogens with zero attached hydrogens (tertiary/aromatic N) is 2. The molecule has 1 aliphatic heterocycles. The van der Waals surface area contributed by atoms with Crippen LogP contribution in [0.3, 0.4) is 0 Å². The zero-order valence-electron chi connectivity index (χ0n) is 12.3. The van der Waals surface area contributed by atoms with E-state index in [1.807, 2.05) is 18.4 Å². The van der Waals surface area contributed by atoms with Crippen LogP contribution in [0.4, 0.5) is 4.79 Å². The predicted molar refractivity (Wildman–Crippen MR) is 82.4 cm³/mol. The minimum absolute atomic E-state index is 0.204. The number of nitrogens with one attached hydrogen (secondary N) is 1. The largest absolute Gasteiger partial charge is 0.346 e. The molecule has 1 aromatic rings. The smallest absolute Gasteiger partial charge is 0.321 e. The lowest BCUT2D eigenvalue weighted by atomic mass is 9.77. The van der Waals surface area contributed by atoms with Gasteiger partial charge in [-0.3, -0.25) is 4.79 Å². The van der Waals surface area contributed by atoms with E-state index in [4.69, 9.17) is 0 Å². The van der Waals surface area contributed by atoms with Crippen LogP contribution in [0, 0.1) is 12.8 Å². The minimum Gasteiger partial charge on any atom is -0.321 e. The van der Waals surface area contributed by atoms with Gasteiger partial charge >= 0.3 is 6.03 Å². The fraction of sp³-hybridized carbons (Fsp3) is 0.533. The van der Waals surface area contributed by atoms with Crippen molar-refractivity contribution >= 4 is 29.5 Å². The quantitative estimate of drug-likeness (QED) is 0.674. The van der Waals surface area contributed by atoms with Crippen LogP contribution >= 0.6 is 11.3 Å². The third kappa shape index (κ3) is 2.48. The molecule has 1 saturated carbocycles. The van der Waals surface area contributed by atoms with E-state index >= 15 is 0 Å². The lowest BCUT2D eigenvalue weighted by molar-refractivity contribution is -0.132. The summed E-state index contributed by atoms with van der Waals surface area (Å²) in [5.41, 5.74) is 0.378. The highest BCUT2D eigenvalue weighted by Gasteiger charge is 2.52. The number of amides is 3. The molecule has 0 atom stereocenters. The van der Waals surface area contributed by atoms with Crippen LogP contribution in [-0.2, 0) is 4.79 Å². The summed E-state index contributed by atoms with van der Waals surface area (Å²) in [7, 11) is 0. The second kappa shape index (κ2) is 5.26. The average Bonchev–Trinajstić information content (AvgIpc) is 2.96. The number of aryl methyl sites for hydroxylation is 1. The molecule has 0 radical (unpaired) electrons. The maximum absolute atomic E-state index is 12.6. The van der Waals surface area contributed by atoms with Crippen LogP contribution in [0.5, 0.6) is 0 Å². The van der Waals surface area contributed by atoms with Crippen molar-refractivity contribution in [3.05, 3.63) is 21.9 Å². The number of carbonyl (C=O) groups excluding carboxylic acids is 2. The summed E-state index contributed by atoms with van der Waals surface area (Å²) in [6.45, 7) is 4.16. The third-order valence-corrected chi connectivity index (χ3v) is 5.41. The Labute approximate surface area is 128 Å². The number of hydrazone groups is 1. The fourth-order valence-electron chi connectivity index (χ4n) is 2.93. The molecular formula is C15H19N3O2S. The third-order valence-electron chi connectivity index (χ3n) is 4.46. The zero-order valence-corrected chi connectivity index (χ0v) is 13.1. The Morgan fingerprint density at radius 1 is 1.43 bits per heavy atom. The first-order valence-electron chi connectivity index (χ1n) is 7.27. The zero-order chi connectivity index (χ0) is 15.0. The van der Waals surface area contributed by atoms with Gasteiger partial charge < -0.3 is 5.32 Å². The number of imide groups is 1. The van der Waals surface area contributed by atoms with Crippen molar-refractivity contribution in [2.45, 2.75) is 45.1 Å². The van der Waals surface area contributed by atoms with Crippen LogP contribution in [0.1, 0.15) is 43.0 Å². The Balaban J connectivity index is 1.78. The summed E-state index contributed by atoms with van der Waals surface area (Å²) in [6, 6.07) is 1.59. The number of carbonyl (C=O) groups is 2. The lowest BCUT2D eigenvalue weighted by Gasteiger charge is -2.33. The number of rotatable bonds is 2. The SMILES string of the molecule is Cc1ccsc1C=NN1C(=O)NC2(CCC(C)CC2)C1=O. The second-order valence-electron chi connectivity index (χ2n) is 6.02. The Bertz CT molecular complexity index is 600. The van der Waals surface area contributed by atoms with Crippen LogP contribution in [0.2, 0.25) is 0 Å². The fourth-order valence-corrected chi connectivity index (χ4v) is 3.71. The van der Waals surface area contributed by atoms with Crippen molar-refractivity contribution in [2.75, 3.05) is 0 Å². The van der Waals surface area contributed by atoms with Crippen molar-refractivity contribution in [3.8, 4) is 0 Å². The van der Waals surface area contributed by atoms with Crippen molar-refractivity contribution < 1.29 is 9.59 Å². The molecule has 2 heterocycles. The molecule has 21 heavy (non-hydrogen) atoms. The van der Waals surface area contributed by atoms with Gasteiger partial charge in [0, 0.05) is 0 Å². The molecule has 2 aliphatic rings. The summed E-state index contributed by atoms with van der Waals surface area (Å²) in [5.74, 6) is 0.413. The summed E-state index contributed by atoms with van der Waals surface area (Å²) in [4.78, 5) is 25.6. The lowest BCUT2D eigenvalue weighted by Crippen LogP contribution is -2.49. The van der Waals surface area contributed by atoms with Crippen molar-refractivity contribution in [2.24, 2.45) is 11.0 Å². The molecule has 1 N–H and O–H groups in total. The Morgan fingerprint density at radius 3 is 2.76 bits per heavy atom. The molecule has 0 bridgehead atoms. The molecular weight excluding hydrogens is 286 g/mol. The van der Waals surface area contributed by atoms with Gasteiger partial charge in [0.1, 0.15) is 5.54 Å². The molecule has 1 aromatic heterocycles. The van der Waals surface area contributed by atoms with Crippen molar-refractivity contribution in [1.29, 1.82) is 0 Å². The Hall–Kier alpha value is -1.69.